The van der Waals surface area contributed by atoms with E-state index in [2.05, 4.69) is 52.7 Å². The number of nitriles is 2. The van der Waals surface area contributed by atoms with E-state index >= 15 is 0 Å². The lowest BCUT2D eigenvalue weighted by Crippen LogP contribution is -2.29. The smallest absolute Gasteiger partial charge is 0.251 e. The zero-order valence-electron chi connectivity index (χ0n) is 25.6. The number of nitrogens with one attached hydrogen (secondary N) is 2. The summed E-state index contributed by atoms with van der Waals surface area (Å²) in [4.78, 5) is 37.9. The molecule has 2 atom stereocenters. The molecule has 4 heterocycles. The van der Waals surface area contributed by atoms with Crippen molar-refractivity contribution in [3.63, 3.8) is 0 Å². The molecule has 0 saturated carbocycles. The number of carbonyl (C=O) groups excluding carboxylic acids is 1. The minimum Gasteiger partial charge on any atom is -0.352 e. The van der Waals surface area contributed by atoms with Crippen LogP contribution in [-0.4, -0.2) is 48.9 Å². The molecule has 240 valence electrons. The minimum atomic E-state index is -0.578. The molecule has 7 rings (SSSR count). The van der Waals surface area contributed by atoms with Crippen LogP contribution in [0.4, 0.5) is 5.95 Å². The van der Waals surface area contributed by atoms with Crippen LogP contribution in [0.15, 0.2) is 104 Å². The zero-order chi connectivity index (χ0) is 34.0. The van der Waals surface area contributed by atoms with Crippen molar-refractivity contribution in [3.8, 4) is 12.1 Å². The number of nitrogens with zero attached hydrogens (tertiary/aromatic N) is 8. The van der Waals surface area contributed by atoms with Crippen LogP contribution >= 0.6 is 34.3 Å². The number of para-hydroxylation sites is 2. The lowest BCUT2D eigenvalue weighted by atomic mass is 10.1. The molecule has 0 aliphatic heterocycles. The number of thiazole rings is 2. The number of hydrogen-bond acceptors (Lipinski definition) is 12. The molecular weight excluding hydrogens is 676 g/mol. The van der Waals surface area contributed by atoms with Gasteiger partial charge in [0.2, 0.25) is 5.95 Å². The largest absolute Gasteiger partial charge is 0.352 e. The number of carbonyl (C=O) groups is 1. The van der Waals surface area contributed by atoms with Gasteiger partial charge in [0.15, 0.2) is 0 Å². The van der Waals surface area contributed by atoms with Gasteiger partial charge in [-0.25, -0.2) is 29.9 Å². The Morgan fingerprint density at radius 3 is 1.94 bits per heavy atom. The Morgan fingerprint density at radius 2 is 1.35 bits per heavy atom. The van der Waals surface area contributed by atoms with Crippen LogP contribution in [0.5, 0.6) is 0 Å². The summed E-state index contributed by atoms with van der Waals surface area (Å²) in [7, 11) is 0. The molecule has 14 heteroatoms. The van der Waals surface area contributed by atoms with E-state index in [0.29, 0.717) is 46.0 Å². The van der Waals surface area contributed by atoms with Crippen molar-refractivity contribution in [1.82, 2.24) is 35.2 Å². The van der Waals surface area contributed by atoms with Crippen LogP contribution < -0.4 is 10.6 Å². The van der Waals surface area contributed by atoms with Crippen molar-refractivity contribution >= 4 is 66.6 Å². The maximum atomic E-state index is 12.1. The predicted molar refractivity (Wildman–Crippen MR) is 190 cm³/mol. The van der Waals surface area contributed by atoms with Crippen LogP contribution in [-0.2, 0) is 0 Å². The topological polar surface area (TPSA) is 166 Å². The number of fused-ring (bicyclic) bond motifs is 2. The van der Waals surface area contributed by atoms with E-state index in [4.69, 9.17) is 11.6 Å². The van der Waals surface area contributed by atoms with E-state index in [1.165, 1.54) is 29.0 Å². The van der Waals surface area contributed by atoms with Crippen molar-refractivity contribution < 1.29 is 4.79 Å². The summed E-state index contributed by atoms with van der Waals surface area (Å²) in [5.41, 5.74) is 3.59. The number of amides is 1. The predicted octanol–water partition coefficient (Wildman–Crippen LogP) is 6.98. The lowest BCUT2D eigenvalue weighted by molar-refractivity contribution is 0.0955. The van der Waals surface area contributed by atoms with Gasteiger partial charge in [0, 0.05) is 36.1 Å². The first-order chi connectivity index (χ1) is 24.0. The van der Waals surface area contributed by atoms with E-state index in [1.807, 2.05) is 48.5 Å². The van der Waals surface area contributed by atoms with Gasteiger partial charge in [0.05, 0.1) is 44.0 Å². The number of rotatable bonds is 9. The summed E-state index contributed by atoms with van der Waals surface area (Å²) in [6, 6.07) is 30.3. The standard InChI is InChI=1S/C22H17ClN6OS.C13H8N4S/c23-15-7-5-14(6-8-15)20(30)25-11-12-27-22-26-10-9-17(29-22)16(13-24)21-28-18-3-1-2-4-19(18)31-21;14-7-9(10-5-6-15-8-16-10)13-17-11-3-1-2-4-12(11)18-13/h1-10,16H,11-12H2,(H,25,30)(H,26,27,29);1-6,8-9H. The first-order valence-corrected chi connectivity index (χ1v) is 16.9. The van der Waals surface area contributed by atoms with Crippen molar-refractivity contribution in [3.05, 3.63) is 136 Å². The highest BCUT2D eigenvalue weighted by Crippen LogP contribution is 2.31. The van der Waals surface area contributed by atoms with Crippen LogP contribution in [0.3, 0.4) is 0 Å². The number of anilines is 1. The van der Waals surface area contributed by atoms with Crippen molar-refractivity contribution in [1.29, 1.82) is 10.5 Å². The van der Waals surface area contributed by atoms with Gasteiger partial charge in [0.1, 0.15) is 28.2 Å². The third-order valence-electron chi connectivity index (χ3n) is 7.05. The SMILES string of the molecule is N#CC(c1ccnc(NCCNC(=O)c2ccc(Cl)cc2)n1)c1nc2ccccc2s1.N#CC(c1ccncn1)c1nc2ccccc2s1. The molecule has 0 radical (unpaired) electrons. The molecule has 49 heavy (non-hydrogen) atoms. The van der Waals surface area contributed by atoms with Gasteiger partial charge < -0.3 is 10.6 Å². The normalized spacial score (nSPS) is 11.8. The Bertz CT molecular complexity index is 2210. The molecule has 2 N–H and O–H groups in total. The van der Waals surface area contributed by atoms with E-state index in [9.17, 15) is 15.3 Å². The number of hydrogen-bond donors (Lipinski definition) is 2. The average Bonchev–Trinajstić information content (AvgIpc) is 3.76. The van der Waals surface area contributed by atoms with Crippen LogP contribution in [0.2, 0.25) is 5.02 Å². The maximum Gasteiger partial charge on any atom is 0.251 e. The Kier molecular flexibility index (Phi) is 10.7. The van der Waals surface area contributed by atoms with Crippen LogP contribution in [0, 0.1) is 22.7 Å². The second-order valence-corrected chi connectivity index (χ2v) is 12.9. The second kappa shape index (κ2) is 15.8. The van der Waals surface area contributed by atoms with Crippen LogP contribution in [0.1, 0.15) is 43.6 Å². The molecular formula is C35H25ClN10OS2. The molecule has 3 aromatic carbocycles. The zero-order valence-corrected chi connectivity index (χ0v) is 28.0. The van der Waals surface area contributed by atoms with Gasteiger partial charge >= 0.3 is 0 Å². The lowest BCUT2D eigenvalue weighted by Gasteiger charge is -2.09. The highest BCUT2D eigenvalue weighted by molar-refractivity contribution is 7.19. The van der Waals surface area contributed by atoms with E-state index in [-0.39, 0.29) is 5.91 Å². The fraction of sp³-hybridized carbons (Fsp3) is 0.114. The van der Waals surface area contributed by atoms with Crippen molar-refractivity contribution in [2.75, 3.05) is 18.4 Å². The van der Waals surface area contributed by atoms with Crippen LogP contribution in [0.25, 0.3) is 20.4 Å². The number of halogens is 1. The van der Waals surface area contributed by atoms with Gasteiger partial charge in [-0.15, -0.1) is 22.7 Å². The fourth-order valence-electron chi connectivity index (χ4n) is 4.67. The van der Waals surface area contributed by atoms with Crippen molar-refractivity contribution in [2.45, 2.75) is 11.8 Å². The Morgan fingerprint density at radius 1 is 0.735 bits per heavy atom. The fourth-order valence-corrected chi connectivity index (χ4v) is 6.84. The highest BCUT2D eigenvalue weighted by atomic mass is 35.5. The molecule has 0 spiro atoms. The third-order valence-corrected chi connectivity index (χ3v) is 9.50. The number of aromatic nitrogens is 6. The first kappa shape index (κ1) is 33.1. The average molecular weight is 701 g/mol. The van der Waals surface area contributed by atoms with E-state index in [1.54, 1.807) is 48.8 Å². The van der Waals surface area contributed by atoms with Gasteiger partial charge in [-0.05, 0) is 60.7 Å². The molecule has 0 saturated heterocycles. The molecule has 1 amide bonds. The first-order valence-electron chi connectivity index (χ1n) is 14.9. The number of benzene rings is 3. The van der Waals surface area contributed by atoms with Gasteiger partial charge in [-0.1, -0.05) is 35.9 Å². The monoisotopic (exact) mass is 700 g/mol. The molecule has 11 nitrogen and oxygen atoms in total. The molecule has 0 aliphatic carbocycles. The van der Waals surface area contributed by atoms with E-state index < -0.39 is 11.8 Å². The second-order valence-electron chi connectivity index (χ2n) is 10.3. The molecule has 2 unspecified atom stereocenters. The van der Waals surface area contributed by atoms with Gasteiger partial charge in [0.25, 0.3) is 5.91 Å². The van der Waals surface area contributed by atoms with Gasteiger partial charge in [-0.3, -0.25) is 4.79 Å². The summed E-state index contributed by atoms with van der Waals surface area (Å²) in [6.07, 6.45) is 4.70. The molecule has 0 bridgehead atoms. The third kappa shape index (κ3) is 8.17. The maximum absolute atomic E-state index is 12.1. The molecule has 0 aliphatic rings. The van der Waals surface area contributed by atoms with Gasteiger partial charge in [-0.2, -0.15) is 10.5 Å². The Balaban J connectivity index is 0.000000195. The Labute approximate surface area is 294 Å². The van der Waals surface area contributed by atoms with E-state index in [0.717, 1.165) is 25.4 Å². The van der Waals surface area contributed by atoms with Crippen molar-refractivity contribution in [2.24, 2.45) is 0 Å². The summed E-state index contributed by atoms with van der Waals surface area (Å²) in [5, 5.41) is 27.0. The Hall–Kier alpha value is -5.86. The molecule has 0 fully saturated rings. The summed E-state index contributed by atoms with van der Waals surface area (Å²) in [6.45, 7) is 0.815. The quantitative estimate of drug-likeness (QED) is 0.150. The molecule has 7 aromatic rings. The molecule has 4 aromatic heterocycles. The summed E-state index contributed by atoms with van der Waals surface area (Å²) < 4.78 is 2.11. The summed E-state index contributed by atoms with van der Waals surface area (Å²) in [5.74, 6) is -0.802. The minimum absolute atomic E-state index is 0.187. The summed E-state index contributed by atoms with van der Waals surface area (Å²) >= 11 is 8.85. The highest BCUT2D eigenvalue weighted by Gasteiger charge is 2.21.